The number of nitrogens with zero attached hydrogens (tertiary/aromatic N) is 2. The average molecular weight is 341 g/mol. The molecule has 2 aromatic rings. The van der Waals surface area contributed by atoms with E-state index < -0.39 is 5.60 Å². The number of aromatic nitrogens is 1. The summed E-state index contributed by atoms with van der Waals surface area (Å²) in [5.74, 6) is -0.192. The minimum atomic E-state index is -1.00. The van der Waals surface area contributed by atoms with Crippen LogP contribution in [0.3, 0.4) is 0 Å². The molecule has 0 spiro atoms. The molecule has 0 aliphatic carbocycles. The van der Waals surface area contributed by atoms with Crippen LogP contribution in [0.25, 0.3) is 10.9 Å². The molecule has 1 aromatic heterocycles. The van der Waals surface area contributed by atoms with Gasteiger partial charge in [-0.05, 0) is 43.5 Å². The third-order valence-electron chi connectivity index (χ3n) is 4.79. The quantitative estimate of drug-likeness (QED) is 0.887. The predicted octanol–water partition coefficient (Wildman–Crippen LogP) is 1.73. The highest BCUT2D eigenvalue weighted by atomic mass is 16.3. The molecular formula is C19H23N3O3. The maximum Gasteiger partial charge on any atom is 0.253 e. The number of likely N-dealkylation sites (tertiary alicyclic amines) is 1. The van der Waals surface area contributed by atoms with Crippen molar-refractivity contribution < 1.29 is 14.7 Å². The van der Waals surface area contributed by atoms with Crippen LogP contribution in [0.5, 0.6) is 0 Å². The van der Waals surface area contributed by atoms with E-state index in [1.807, 2.05) is 24.3 Å². The fraction of sp³-hybridized carbons (Fsp3) is 0.421. The van der Waals surface area contributed by atoms with Crippen molar-refractivity contribution in [2.75, 3.05) is 20.1 Å². The van der Waals surface area contributed by atoms with Crippen LogP contribution < -0.4 is 5.32 Å². The summed E-state index contributed by atoms with van der Waals surface area (Å²) in [5.41, 5.74) is 0.439. The number of β-amino-alcohol motifs (C(OH)–C–C–N with tert-alkyl or cyclic N) is 1. The molecule has 0 unspecified atom stereocenters. The third-order valence-corrected chi connectivity index (χ3v) is 4.79. The number of pyridine rings is 1. The van der Waals surface area contributed by atoms with E-state index in [1.54, 1.807) is 24.2 Å². The standard InChI is InChI=1S/C19H23N3O3/c1-20-17(23)7-9-19(25)8-3-11-22(13-19)18(24)15-5-6-16-14(12-15)4-2-10-21-16/h2,4-6,10,12,25H,3,7-9,11,13H2,1H3,(H,20,23)/t19-/m0/s1. The monoisotopic (exact) mass is 341 g/mol. The largest absolute Gasteiger partial charge is 0.388 e. The van der Waals surface area contributed by atoms with Gasteiger partial charge >= 0.3 is 0 Å². The average Bonchev–Trinajstić information content (AvgIpc) is 2.65. The first-order chi connectivity index (χ1) is 12.0. The highest BCUT2D eigenvalue weighted by molar-refractivity contribution is 5.98. The highest BCUT2D eigenvalue weighted by Gasteiger charge is 2.35. The van der Waals surface area contributed by atoms with Crippen LogP contribution >= 0.6 is 0 Å². The minimum Gasteiger partial charge on any atom is -0.388 e. The number of fused-ring (bicyclic) bond motifs is 1. The van der Waals surface area contributed by atoms with Gasteiger partial charge in [0.1, 0.15) is 0 Å². The van der Waals surface area contributed by atoms with Gasteiger partial charge in [-0.15, -0.1) is 0 Å². The van der Waals surface area contributed by atoms with Gasteiger partial charge in [-0.3, -0.25) is 14.6 Å². The molecule has 0 bridgehead atoms. The highest BCUT2D eigenvalue weighted by Crippen LogP contribution is 2.27. The lowest BCUT2D eigenvalue weighted by Crippen LogP contribution is -2.50. The molecule has 3 rings (SSSR count). The van der Waals surface area contributed by atoms with E-state index in [1.165, 1.54) is 0 Å². The topological polar surface area (TPSA) is 82.5 Å². The van der Waals surface area contributed by atoms with Crippen molar-refractivity contribution in [2.45, 2.75) is 31.3 Å². The number of hydrogen-bond donors (Lipinski definition) is 2. The Labute approximate surface area is 146 Å². The number of amides is 2. The maximum atomic E-state index is 12.8. The van der Waals surface area contributed by atoms with E-state index in [0.717, 1.165) is 17.3 Å². The Kier molecular flexibility index (Phi) is 4.99. The van der Waals surface area contributed by atoms with Gasteiger partial charge in [-0.25, -0.2) is 0 Å². The van der Waals surface area contributed by atoms with Crippen molar-refractivity contribution in [1.29, 1.82) is 0 Å². The minimum absolute atomic E-state index is 0.0937. The van der Waals surface area contributed by atoms with E-state index in [0.29, 0.717) is 24.9 Å². The molecule has 2 N–H and O–H groups in total. The number of benzene rings is 1. The van der Waals surface area contributed by atoms with Gasteiger partial charge in [0, 0.05) is 43.7 Å². The van der Waals surface area contributed by atoms with Gasteiger partial charge in [-0.1, -0.05) is 6.07 Å². The van der Waals surface area contributed by atoms with Gasteiger partial charge < -0.3 is 15.3 Å². The molecule has 132 valence electrons. The molecule has 1 aromatic carbocycles. The normalized spacial score (nSPS) is 20.5. The van der Waals surface area contributed by atoms with Crippen LogP contribution in [-0.4, -0.2) is 52.5 Å². The molecule has 6 heteroatoms. The first-order valence-electron chi connectivity index (χ1n) is 8.58. The second kappa shape index (κ2) is 7.19. The van der Waals surface area contributed by atoms with E-state index in [9.17, 15) is 14.7 Å². The third kappa shape index (κ3) is 3.96. The van der Waals surface area contributed by atoms with Gasteiger partial charge in [0.25, 0.3) is 5.91 Å². The van der Waals surface area contributed by atoms with E-state index in [4.69, 9.17) is 0 Å². The zero-order valence-electron chi connectivity index (χ0n) is 14.4. The summed E-state index contributed by atoms with van der Waals surface area (Å²) < 4.78 is 0. The van der Waals surface area contributed by atoms with E-state index in [-0.39, 0.29) is 24.8 Å². The van der Waals surface area contributed by atoms with Gasteiger partial charge in [-0.2, -0.15) is 0 Å². The maximum absolute atomic E-state index is 12.8. The summed E-state index contributed by atoms with van der Waals surface area (Å²) in [7, 11) is 1.58. The number of hydrogen-bond acceptors (Lipinski definition) is 4. The molecule has 25 heavy (non-hydrogen) atoms. The molecule has 1 saturated heterocycles. The van der Waals surface area contributed by atoms with Crippen LogP contribution in [0.15, 0.2) is 36.5 Å². The van der Waals surface area contributed by atoms with Crippen LogP contribution in [0, 0.1) is 0 Å². The molecule has 1 fully saturated rings. The van der Waals surface area contributed by atoms with Crippen LogP contribution in [0.2, 0.25) is 0 Å². The van der Waals surface area contributed by atoms with Gasteiger partial charge in [0.05, 0.1) is 11.1 Å². The second-order valence-electron chi connectivity index (χ2n) is 6.64. The molecule has 2 heterocycles. The summed E-state index contributed by atoms with van der Waals surface area (Å²) in [6.45, 7) is 0.875. The smallest absolute Gasteiger partial charge is 0.253 e. The van der Waals surface area contributed by atoms with Crippen molar-refractivity contribution >= 4 is 22.7 Å². The Hall–Kier alpha value is -2.47. The Morgan fingerprint density at radius 1 is 1.36 bits per heavy atom. The second-order valence-corrected chi connectivity index (χ2v) is 6.64. The van der Waals surface area contributed by atoms with Crippen LogP contribution in [0.1, 0.15) is 36.0 Å². The SMILES string of the molecule is CNC(=O)CC[C@@]1(O)CCCN(C(=O)c2ccc3ncccc3c2)C1. The van der Waals surface area contributed by atoms with E-state index in [2.05, 4.69) is 10.3 Å². The first-order valence-corrected chi connectivity index (χ1v) is 8.58. The molecule has 1 atom stereocenters. The molecule has 2 amide bonds. The lowest BCUT2D eigenvalue weighted by atomic mass is 9.88. The van der Waals surface area contributed by atoms with Crippen LogP contribution in [0.4, 0.5) is 0 Å². The summed E-state index contributed by atoms with van der Waals surface area (Å²) in [6.07, 6.45) is 3.68. The summed E-state index contributed by atoms with van der Waals surface area (Å²) in [5, 5.41) is 14.2. The zero-order chi connectivity index (χ0) is 17.9. The fourth-order valence-corrected chi connectivity index (χ4v) is 3.35. The van der Waals surface area contributed by atoms with Crippen molar-refractivity contribution in [3.8, 4) is 0 Å². The molecule has 6 nitrogen and oxygen atoms in total. The van der Waals surface area contributed by atoms with Crippen molar-refractivity contribution in [3.63, 3.8) is 0 Å². The van der Waals surface area contributed by atoms with E-state index >= 15 is 0 Å². The predicted molar refractivity (Wildman–Crippen MR) is 95.1 cm³/mol. The number of piperidine rings is 1. The zero-order valence-corrected chi connectivity index (χ0v) is 14.4. The number of rotatable bonds is 4. The number of carbonyl (C=O) groups is 2. The van der Waals surface area contributed by atoms with Crippen molar-refractivity contribution in [3.05, 3.63) is 42.1 Å². The van der Waals surface area contributed by atoms with Gasteiger partial charge in [0.15, 0.2) is 0 Å². The Bertz CT molecular complexity index is 792. The lowest BCUT2D eigenvalue weighted by molar-refractivity contribution is -0.122. The molecule has 1 aliphatic heterocycles. The number of carbonyl (C=O) groups excluding carboxylic acids is 2. The summed E-state index contributed by atoms with van der Waals surface area (Å²) in [4.78, 5) is 30.2. The van der Waals surface area contributed by atoms with Gasteiger partial charge in [0.2, 0.25) is 5.91 Å². The number of aliphatic hydroxyl groups is 1. The Morgan fingerprint density at radius 3 is 3.00 bits per heavy atom. The first kappa shape index (κ1) is 17.4. The molecule has 0 radical (unpaired) electrons. The van der Waals surface area contributed by atoms with Crippen molar-refractivity contribution in [1.82, 2.24) is 15.2 Å². The Morgan fingerprint density at radius 2 is 2.20 bits per heavy atom. The van der Waals surface area contributed by atoms with Crippen molar-refractivity contribution in [2.24, 2.45) is 0 Å². The number of nitrogens with one attached hydrogen (secondary N) is 1. The summed E-state index contributed by atoms with van der Waals surface area (Å²) >= 11 is 0. The van der Waals surface area contributed by atoms with Crippen LogP contribution in [-0.2, 0) is 4.79 Å². The molecule has 0 saturated carbocycles. The summed E-state index contributed by atoms with van der Waals surface area (Å²) in [6, 6.07) is 9.22. The molecule has 1 aliphatic rings. The fourth-order valence-electron chi connectivity index (χ4n) is 3.35. The Balaban J connectivity index is 1.73. The lowest BCUT2D eigenvalue weighted by Gasteiger charge is -2.39. The molecular weight excluding hydrogens is 318 g/mol.